The van der Waals surface area contributed by atoms with Crippen LogP contribution in [-0.2, 0) is 4.74 Å². The van der Waals surface area contributed by atoms with Gasteiger partial charge in [-0.15, -0.1) is 0 Å². The van der Waals surface area contributed by atoms with E-state index in [-0.39, 0.29) is 6.09 Å². The molecule has 1 aliphatic carbocycles. The highest BCUT2D eigenvalue weighted by molar-refractivity contribution is 5.68. The van der Waals surface area contributed by atoms with E-state index in [0.717, 1.165) is 25.9 Å². The molecular weight excluding hydrogens is 204 g/mol. The summed E-state index contributed by atoms with van der Waals surface area (Å²) >= 11 is 0. The molecule has 0 aromatic heterocycles. The molecule has 16 heavy (non-hydrogen) atoms. The second-order valence-electron chi connectivity index (χ2n) is 4.63. The van der Waals surface area contributed by atoms with Crippen molar-refractivity contribution in [1.82, 2.24) is 9.80 Å². The molecule has 0 aromatic rings. The number of hydrogen-bond donors (Lipinski definition) is 0. The van der Waals surface area contributed by atoms with Gasteiger partial charge in [0.05, 0.1) is 6.61 Å². The summed E-state index contributed by atoms with van der Waals surface area (Å²) in [6.45, 7) is 3.99. The lowest BCUT2D eigenvalue weighted by Crippen LogP contribution is -2.43. The van der Waals surface area contributed by atoms with Gasteiger partial charge in [-0.25, -0.2) is 4.79 Å². The van der Waals surface area contributed by atoms with Crippen LogP contribution in [0.4, 0.5) is 4.79 Å². The Bertz CT molecular complexity index is 213. The first kappa shape index (κ1) is 13.3. The number of amides is 1. The van der Waals surface area contributed by atoms with Gasteiger partial charge in [-0.3, -0.25) is 0 Å². The number of hydrogen-bond acceptors (Lipinski definition) is 3. The zero-order valence-corrected chi connectivity index (χ0v) is 10.7. The fourth-order valence-electron chi connectivity index (χ4n) is 2.15. The van der Waals surface area contributed by atoms with Crippen LogP contribution in [0.3, 0.4) is 0 Å². The van der Waals surface area contributed by atoms with Crippen LogP contribution in [0.25, 0.3) is 0 Å². The van der Waals surface area contributed by atoms with Gasteiger partial charge in [0.2, 0.25) is 0 Å². The first-order valence-electron chi connectivity index (χ1n) is 6.23. The quantitative estimate of drug-likeness (QED) is 0.721. The van der Waals surface area contributed by atoms with Crippen LogP contribution >= 0.6 is 0 Å². The summed E-state index contributed by atoms with van der Waals surface area (Å²) in [6.07, 6.45) is 4.60. The standard InChI is InChI=1S/C12H24N2O2/c1-4-16-12(15)14(10-9-13(2)3)11-7-5-6-8-11/h11H,4-10H2,1-3H3. The predicted molar refractivity (Wildman–Crippen MR) is 64.5 cm³/mol. The minimum atomic E-state index is -0.142. The molecule has 0 bridgehead atoms. The maximum Gasteiger partial charge on any atom is 0.410 e. The average molecular weight is 228 g/mol. The molecule has 0 heterocycles. The van der Waals surface area contributed by atoms with Crippen molar-refractivity contribution in [2.24, 2.45) is 0 Å². The third-order valence-corrected chi connectivity index (χ3v) is 3.06. The topological polar surface area (TPSA) is 32.8 Å². The fourth-order valence-corrected chi connectivity index (χ4v) is 2.15. The van der Waals surface area contributed by atoms with Crippen LogP contribution in [0.2, 0.25) is 0 Å². The highest BCUT2D eigenvalue weighted by Gasteiger charge is 2.27. The zero-order valence-electron chi connectivity index (χ0n) is 10.7. The van der Waals surface area contributed by atoms with Gasteiger partial charge in [-0.2, -0.15) is 0 Å². The largest absolute Gasteiger partial charge is 0.450 e. The Hall–Kier alpha value is -0.770. The van der Waals surface area contributed by atoms with Gasteiger partial charge in [0.25, 0.3) is 0 Å². The Labute approximate surface area is 98.5 Å². The van der Waals surface area contributed by atoms with Crippen molar-refractivity contribution in [2.75, 3.05) is 33.8 Å². The van der Waals surface area contributed by atoms with E-state index in [0.29, 0.717) is 12.6 Å². The van der Waals surface area contributed by atoms with E-state index >= 15 is 0 Å². The second-order valence-corrected chi connectivity index (χ2v) is 4.63. The van der Waals surface area contributed by atoms with Crippen molar-refractivity contribution in [3.63, 3.8) is 0 Å². The number of likely N-dealkylation sites (N-methyl/N-ethyl adjacent to an activating group) is 1. The summed E-state index contributed by atoms with van der Waals surface area (Å²) in [6, 6.07) is 0.402. The summed E-state index contributed by atoms with van der Waals surface area (Å²) in [5.41, 5.74) is 0. The van der Waals surface area contributed by atoms with E-state index in [1.807, 2.05) is 25.9 Å². The Kier molecular flexibility index (Phi) is 5.60. The summed E-state index contributed by atoms with van der Waals surface area (Å²) in [7, 11) is 4.05. The Morgan fingerprint density at radius 2 is 1.88 bits per heavy atom. The molecule has 1 rings (SSSR count). The molecular formula is C12H24N2O2. The maximum atomic E-state index is 11.8. The van der Waals surface area contributed by atoms with Crippen molar-refractivity contribution in [3.05, 3.63) is 0 Å². The van der Waals surface area contributed by atoms with Gasteiger partial charge < -0.3 is 14.5 Å². The lowest BCUT2D eigenvalue weighted by atomic mass is 10.2. The molecule has 0 radical (unpaired) electrons. The molecule has 0 atom stereocenters. The summed E-state index contributed by atoms with van der Waals surface area (Å²) in [5, 5.41) is 0. The van der Waals surface area contributed by atoms with Crippen molar-refractivity contribution in [3.8, 4) is 0 Å². The molecule has 4 heteroatoms. The summed E-state index contributed by atoms with van der Waals surface area (Å²) in [5.74, 6) is 0. The zero-order chi connectivity index (χ0) is 12.0. The van der Waals surface area contributed by atoms with E-state index in [1.54, 1.807) is 0 Å². The SMILES string of the molecule is CCOC(=O)N(CCN(C)C)C1CCCC1. The highest BCUT2D eigenvalue weighted by Crippen LogP contribution is 2.23. The molecule has 0 spiro atoms. The Morgan fingerprint density at radius 3 is 2.38 bits per heavy atom. The predicted octanol–water partition coefficient (Wildman–Crippen LogP) is 1.95. The molecule has 0 unspecified atom stereocenters. The minimum absolute atomic E-state index is 0.142. The van der Waals surface area contributed by atoms with E-state index in [1.165, 1.54) is 12.8 Å². The number of carbonyl (C=O) groups is 1. The highest BCUT2D eigenvalue weighted by atomic mass is 16.6. The summed E-state index contributed by atoms with van der Waals surface area (Å²) < 4.78 is 5.12. The van der Waals surface area contributed by atoms with Crippen LogP contribution in [0.1, 0.15) is 32.6 Å². The van der Waals surface area contributed by atoms with Crippen LogP contribution in [0.5, 0.6) is 0 Å². The molecule has 94 valence electrons. The van der Waals surface area contributed by atoms with Crippen molar-refractivity contribution in [2.45, 2.75) is 38.6 Å². The lowest BCUT2D eigenvalue weighted by Gasteiger charge is -2.29. The van der Waals surface area contributed by atoms with Gasteiger partial charge in [0, 0.05) is 19.1 Å². The Morgan fingerprint density at radius 1 is 1.25 bits per heavy atom. The van der Waals surface area contributed by atoms with Crippen LogP contribution in [-0.4, -0.2) is 55.7 Å². The third kappa shape index (κ3) is 4.00. The van der Waals surface area contributed by atoms with Crippen molar-refractivity contribution in [1.29, 1.82) is 0 Å². The van der Waals surface area contributed by atoms with Gasteiger partial charge >= 0.3 is 6.09 Å². The molecule has 1 fully saturated rings. The van der Waals surface area contributed by atoms with Crippen LogP contribution in [0, 0.1) is 0 Å². The fraction of sp³-hybridized carbons (Fsp3) is 0.917. The normalized spacial score (nSPS) is 16.8. The van der Waals surface area contributed by atoms with E-state index in [2.05, 4.69) is 4.90 Å². The van der Waals surface area contributed by atoms with Gasteiger partial charge in [-0.1, -0.05) is 12.8 Å². The number of rotatable bonds is 5. The molecule has 1 amide bonds. The first-order chi connectivity index (χ1) is 7.65. The van der Waals surface area contributed by atoms with Gasteiger partial charge in [0.15, 0.2) is 0 Å². The molecule has 4 nitrogen and oxygen atoms in total. The molecule has 1 saturated carbocycles. The maximum absolute atomic E-state index is 11.8. The van der Waals surface area contributed by atoms with Gasteiger partial charge in [-0.05, 0) is 33.9 Å². The van der Waals surface area contributed by atoms with Crippen LogP contribution < -0.4 is 0 Å². The third-order valence-electron chi connectivity index (χ3n) is 3.06. The smallest absolute Gasteiger partial charge is 0.410 e. The monoisotopic (exact) mass is 228 g/mol. The van der Waals surface area contributed by atoms with E-state index in [4.69, 9.17) is 4.74 Å². The van der Waals surface area contributed by atoms with Gasteiger partial charge in [0.1, 0.15) is 0 Å². The number of carbonyl (C=O) groups excluding carboxylic acids is 1. The number of ether oxygens (including phenoxy) is 1. The minimum Gasteiger partial charge on any atom is -0.450 e. The first-order valence-corrected chi connectivity index (χ1v) is 6.23. The van der Waals surface area contributed by atoms with Crippen molar-refractivity contribution >= 4 is 6.09 Å². The average Bonchev–Trinajstić information content (AvgIpc) is 2.71. The molecule has 0 saturated heterocycles. The molecule has 0 aromatic carbocycles. The van der Waals surface area contributed by atoms with E-state index in [9.17, 15) is 4.79 Å². The second kappa shape index (κ2) is 6.74. The molecule has 1 aliphatic rings. The van der Waals surface area contributed by atoms with Crippen molar-refractivity contribution < 1.29 is 9.53 Å². The summed E-state index contributed by atoms with van der Waals surface area (Å²) in [4.78, 5) is 15.8. The molecule has 0 N–H and O–H groups in total. The molecule has 0 aliphatic heterocycles. The Balaban J connectivity index is 2.49. The van der Waals surface area contributed by atoms with Crippen LogP contribution in [0.15, 0.2) is 0 Å². The number of nitrogens with zero attached hydrogens (tertiary/aromatic N) is 2. The van der Waals surface area contributed by atoms with E-state index < -0.39 is 0 Å². The lowest BCUT2D eigenvalue weighted by molar-refractivity contribution is 0.0876.